The number of nitrogens with zero attached hydrogens (tertiary/aromatic N) is 2. The third-order valence-electron chi connectivity index (χ3n) is 6.50. The first kappa shape index (κ1) is 26.0. The van der Waals surface area contributed by atoms with Crippen LogP contribution in [0.4, 0.5) is 11.4 Å². The topological polar surface area (TPSA) is 70.1 Å². The van der Waals surface area contributed by atoms with Gasteiger partial charge in [-0.1, -0.05) is 43.7 Å². The number of rotatable bonds is 7. The Hall–Kier alpha value is -4.06. The molecule has 1 heterocycles. The summed E-state index contributed by atoms with van der Waals surface area (Å²) in [6.45, 7) is 8.60. The Labute approximate surface area is 218 Å². The molecule has 37 heavy (non-hydrogen) atoms. The number of aryl methyl sites for hydroxylation is 2. The number of anilines is 2. The van der Waals surface area contributed by atoms with Crippen LogP contribution in [0, 0.1) is 19.8 Å². The van der Waals surface area contributed by atoms with Crippen molar-refractivity contribution in [2.24, 2.45) is 5.92 Å². The Morgan fingerprint density at radius 2 is 1.62 bits per heavy atom. The molecule has 1 aliphatic rings. The van der Waals surface area contributed by atoms with Crippen molar-refractivity contribution in [3.05, 3.63) is 94.6 Å². The lowest BCUT2D eigenvalue weighted by Gasteiger charge is -2.26. The first-order valence-corrected chi connectivity index (χ1v) is 12.5. The maximum atomic E-state index is 13.4. The van der Waals surface area contributed by atoms with E-state index >= 15 is 0 Å². The fourth-order valence-electron chi connectivity index (χ4n) is 4.44. The molecule has 1 unspecified atom stereocenters. The van der Waals surface area contributed by atoms with Gasteiger partial charge in [0.1, 0.15) is 11.5 Å². The van der Waals surface area contributed by atoms with E-state index in [9.17, 15) is 14.7 Å². The Balaban J connectivity index is 1.84. The maximum absolute atomic E-state index is 13.4. The van der Waals surface area contributed by atoms with Gasteiger partial charge in [0.25, 0.3) is 11.7 Å². The fourth-order valence-corrected chi connectivity index (χ4v) is 4.44. The number of ketones is 1. The molecule has 0 aromatic heterocycles. The van der Waals surface area contributed by atoms with Crippen molar-refractivity contribution >= 4 is 28.8 Å². The van der Waals surface area contributed by atoms with Crippen molar-refractivity contribution in [1.82, 2.24) is 0 Å². The number of carbonyl (C=O) groups excluding carboxylic acids is 2. The van der Waals surface area contributed by atoms with Gasteiger partial charge >= 0.3 is 0 Å². The molecule has 0 bridgehead atoms. The minimum atomic E-state index is -0.768. The first-order chi connectivity index (χ1) is 17.6. The number of benzene rings is 3. The minimum absolute atomic E-state index is 0.0680. The molecule has 1 amide bonds. The van der Waals surface area contributed by atoms with E-state index in [4.69, 9.17) is 4.74 Å². The summed E-state index contributed by atoms with van der Waals surface area (Å²) in [6, 6.07) is 19.7. The highest BCUT2D eigenvalue weighted by molar-refractivity contribution is 6.51. The van der Waals surface area contributed by atoms with Crippen LogP contribution in [-0.2, 0) is 9.59 Å². The maximum Gasteiger partial charge on any atom is 0.300 e. The lowest BCUT2D eigenvalue weighted by atomic mass is 9.94. The van der Waals surface area contributed by atoms with Gasteiger partial charge in [0.15, 0.2) is 0 Å². The number of amides is 1. The number of Topliss-reactive ketones (excluding diaryl/α,β-unsaturated/α-hetero) is 1. The van der Waals surface area contributed by atoms with Gasteiger partial charge < -0.3 is 14.7 Å². The summed E-state index contributed by atoms with van der Waals surface area (Å²) in [7, 11) is 3.90. The molecule has 1 N–H and O–H groups in total. The van der Waals surface area contributed by atoms with Gasteiger partial charge in [-0.15, -0.1) is 0 Å². The third-order valence-corrected chi connectivity index (χ3v) is 6.50. The zero-order chi connectivity index (χ0) is 26.9. The highest BCUT2D eigenvalue weighted by atomic mass is 16.5. The highest BCUT2D eigenvalue weighted by Gasteiger charge is 2.47. The van der Waals surface area contributed by atoms with Crippen LogP contribution in [0.2, 0.25) is 0 Å². The van der Waals surface area contributed by atoms with Crippen molar-refractivity contribution in [2.75, 3.05) is 30.5 Å². The molecule has 1 fully saturated rings. The quantitative estimate of drug-likeness (QED) is 0.245. The van der Waals surface area contributed by atoms with E-state index in [1.165, 1.54) is 4.90 Å². The lowest BCUT2D eigenvalue weighted by Crippen LogP contribution is -2.29. The van der Waals surface area contributed by atoms with Gasteiger partial charge in [-0.2, -0.15) is 0 Å². The zero-order valence-corrected chi connectivity index (χ0v) is 22.3. The standard InChI is InChI=1S/C31H34N2O4/c1-19(2)18-37-26-16-11-23(17-21(26)4)29(34)27-28(22-9-14-24(15-10-22)32(5)6)33(31(36)30(27)35)25-12-7-20(3)8-13-25/h7-17,19,28,34H,18H2,1-6H3/b29-27-. The molecule has 4 rings (SSSR count). The number of aliphatic hydroxyl groups excluding tert-OH is 1. The van der Waals surface area contributed by atoms with Crippen molar-refractivity contribution in [1.29, 1.82) is 0 Å². The summed E-state index contributed by atoms with van der Waals surface area (Å²) in [5.41, 5.74) is 4.74. The van der Waals surface area contributed by atoms with Crippen LogP contribution in [0.3, 0.4) is 0 Å². The summed E-state index contributed by atoms with van der Waals surface area (Å²) < 4.78 is 5.87. The van der Waals surface area contributed by atoms with E-state index in [1.807, 2.05) is 81.4 Å². The normalized spacial score (nSPS) is 16.9. The lowest BCUT2D eigenvalue weighted by molar-refractivity contribution is -0.132. The summed E-state index contributed by atoms with van der Waals surface area (Å²) in [4.78, 5) is 30.2. The van der Waals surface area contributed by atoms with Crippen LogP contribution in [-0.4, -0.2) is 37.5 Å². The molecule has 0 radical (unpaired) electrons. The molecular formula is C31H34N2O4. The smallest absolute Gasteiger partial charge is 0.300 e. The number of aliphatic hydroxyl groups is 1. The van der Waals surface area contributed by atoms with Crippen LogP contribution >= 0.6 is 0 Å². The van der Waals surface area contributed by atoms with E-state index < -0.39 is 17.7 Å². The van der Waals surface area contributed by atoms with Crippen molar-refractivity contribution in [3.63, 3.8) is 0 Å². The van der Waals surface area contributed by atoms with Crippen LogP contribution in [0.5, 0.6) is 5.75 Å². The molecule has 0 aliphatic carbocycles. The fraction of sp³-hybridized carbons (Fsp3) is 0.290. The first-order valence-electron chi connectivity index (χ1n) is 12.5. The Morgan fingerprint density at radius 1 is 0.973 bits per heavy atom. The number of ether oxygens (including phenoxy) is 1. The van der Waals surface area contributed by atoms with Gasteiger partial charge in [-0.25, -0.2) is 0 Å². The van der Waals surface area contributed by atoms with Gasteiger partial charge in [-0.3, -0.25) is 14.5 Å². The van der Waals surface area contributed by atoms with Crippen LogP contribution in [0.15, 0.2) is 72.3 Å². The van der Waals surface area contributed by atoms with Crippen LogP contribution in [0.1, 0.15) is 42.1 Å². The predicted molar refractivity (Wildman–Crippen MR) is 148 cm³/mol. The van der Waals surface area contributed by atoms with Gasteiger partial charge in [-0.05, 0) is 73.4 Å². The minimum Gasteiger partial charge on any atom is -0.507 e. The predicted octanol–water partition coefficient (Wildman–Crippen LogP) is 6.03. The molecular weight excluding hydrogens is 464 g/mol. The molecule has 3 aromatic rings. The van der Waals surface area contributed by atoms with E-state index in [1.54, 1.807) is 18.2 Å². The number of hydrogen-bond donors (Lipinski definition) is 1. The number of carbonyl (C=O) groups is 2. The van der Waals surface area contributed by atoms with E-state index in [0.29, 0.717) is 23.8 Å². The third kappa shape index (κ3) is 5.24. The Kier molecular flexibility index (Phi) is 7.39. The molecule has 0 spiro atoms. The van der Waals surface area contributed by atoms with Gasteiger partial charge in [0, 0.05) is 31.0 Å². The molecule has 3 aromatic carbocycles. The number of hydrogen-bond acceptors (Lipinski definition) is 5. The zero-order valence-electron chi connectivity index (χ0n) is 22.3. The second-order valence-electron chi connectivity index (χ2n) is 10.2. The average molecular weight is 499 g/mol. The second-order valence-corrected chi connectivity index (χ2v) is 10.2. The van der Waals surface area contributed by atoms with Crippen molar-refractivity contribution < 1.29 is 19.4 Å². The molecule has 1 atom stereocenters. The van der Waals surface area contributed by atoms with Crippen LogP contribution in [0.25, 0.3) is 5.76 Å². The van der Waals surface area contributed by atoms with E-state index in [-0.39, 0.29) is 11.3 Å². The Bertz CT molecular complexity index is 1340. The average Bonchev–Trinajstić information content (AvgIpc) is 3.13. The van der Waals surface area contributed by atoms with Crippen molar-refractivity contribution in [2.45, 2.75) is 33.7 Å². The van der Waals surface area contributed by atoms with Gasteiger partial charge in [0.2, 0.25) is 0 Å². The summed E-state index contributed by atoms with van der Waals surface area (Å²) in [5, 5.41) is 11.5. The highest BCUT2D eigenvalue weighted by Crippen LogP contribution is 2.42. The molecule has 6 heteroatoms. The molecule has 1 aliphatic heterocycles. The monoisotopic (exact) mass is 498 g/mol. The SMILES string of the molecule is Cc1ccc(N2C(=O)C(=O)/C(=C(\O)c3ccc(OCC(C)C)c(C)c3)C2c2ccc(N(C)C)cc2)cc1. The summed E-state index contributed by atoms with van der Waals surface area (Å²) in [5.74, 6) is -0.475. The largest absolute Gasteiger partial charge is 0.507 e. The molecule has 1 saturated heterocycles. The molecule has 0 saturated carbocycles. The van der Waals surface area contributed by atoms with Crippen molar-refractivity contribution in [3.8, 4) is 5.75 Å². The Morgan fingerprint density at radius 3 is 2.19 bits per heavy atom. The summed E-state index contributed by atoms with van der Waals surface area (Å²) in [6.07, 6.45) is 0. The van der Waals surface area contributed by atoms with Gasteiger partial charge in [0.05, 0.1) is 18.2 Å². The molecule has 6 nitrogen and oxygen atoms in total. The second kappa shape index (κ2) is 10.5. The summed E-state index contributed by atoms with van der Waals surface area (Å²) >= 11 is 0. The van der Waals surface area contributed by atoms with E-state index in [0.717, 1.165) is 28.1 Å². The van der Waals surface area contributed by atoms with Crippen LogP contribution < -0.4 is 14.5 Å². The van der Waals surface area contributed by atoms with E-state index in [2.05, 4.69) is 13.8 Å². The molecule has 192 valence electrons.